The number of nitrogens with zero attached hydrogens (tertiary/aromatic N) is 2. The first kappa shape index (κ1) is 24.6. The molecular formula is C28H26ClN3O5. The van der Waals surface area contributed by atoms with Crippen molar-refractivity contribution in [1.29, 1.82) is 0 Å². The molecule has 37 heavy (non-hydrogen) atoms. The molecule has 0 saturated carbocycles. The van der Waals surface area contributed by atoms with Crippen molar-refractivity contribution in [1.82, 2.24) is 4.98 Å². The number of amides is 1. The number of pyridine rings is 1. The van der Waals surface area contributed by atoms with Gasteiger partial charge in [0.15, 0.2) is 16.9 Å². The first-order valence-corrected chi connectivity index (χ1v) is 12.2. The minimum Gasteiger partial charge on any atom is -0.490 e. The van der Waals surface area contributed by atoms with Crippen molar-refractivity contribution in [2.24, 2.45) is 5.73 Å². The zero-order chi connectivity index (χ0) is 26.4. The minimum absolute atomic E-state index is 0.0756. The molecule has 0 radical (unpaired) electrons. The van der Waals surface area contributed by atoms with Crippen LogP contribution >= 0.6 is 11.6 Å². The smallest absolute Gasteiger partial charge is 0.271 e. The predicted octanol–water partition coefficient (Wildman–Crippen LogP) is 5.19. The van der Waals surface area contributed by atoms with Crippen LogP contribution in [0.15, 0.2) is 51.7 Å². The normalized spacial score (nSPS) is 13.7. The van der Waals surface area contributed by atoms with Gasteiger partial charge in [0.05, 0.1) is 17.6 Å². The molecular weight excluding hydrogens is 494 g/mol. The van der Waals surface area contributed by atoms with Crippen LogP contribution in [-0.4, -0.2) is 31.1 Å². The van der Waals surface area contributed by atoms with E-state index in [0.717, 1.165) is 29.1 Å². The third-order valence-electron chi connectivity index (χ3n) is 6.51. The van der Waals surface area contributed by atoms with Crippen LogP contribution in [0.5, 0.6) is 11.5 Å². The highest BCUT2D eigenvalue weighted by Crippen LogP contribution is 2.38. The number of carbonyl (C=O) groups is 1. The zero-order valence-corrected chi connectivity index (χ0v) is 21.7. The Balaban J connectivity index is 1.64. The lowest BCUT2D eigenvalue weighted by Crippen LogP contribution is -2.28. The Hall–Kier alpha value is -4.04. The van der Waals surface area contributed by atoms with Crippen molar-refractivity contribution in [3.05, 3.63) is 80.2 Å². The summed E-state index contributed by atoms with van der Waals surface area (Å²) in [5, 5.41) is 0.575. The predicted molar refractivity (Wildman–Crippen MR) is 143 cm³/mol. The molecule has 1 atom stereocenters. The Morgan fingerprint density at radius 3 is 2.73 bits per heavy atom. The molecule has 1 aliphatic heterocycles. The molecule has 2 aromatic carbocycles. The number of benzene rings is 2. The summed E-state index contributed by atoms with van der Waals surface area (Å²) in [6, 6.07) is 12.5. The van der Waals surface area contributed by atoms with E-state index in [0.29, 0.717) is 34.5 Å². The topological polar surface area (TPSA) is 108 Å². The van der Waals surface area contributed by atoms with Crippen molar-refractivity contribution >= 4 is 34.2 Å². The van der Waals surface area contributed by atoms with Crippen molar-refractivity contribution in [3.8, 4) is 22.8 Å². The number of anilines is 1. The molecule has 0 spiro atoms. The highest BCUT2D eigenvalue weighted by atomic mass is 35.5. The second-order valence-electron chi connectivity index (χ2n) is 9.17. The molecule has 3 heterocycles. The van der Waals surface area contributed by atoms with Crippen LogP contribution in [0, 0.1) is 13.8 Å². The van der Waals surface area contributed by atoms with Crippen molar-refractivity contribution in [2.45, 2.75) is 26.9 Å². The lowest BCUT2D eigenvalue weighted by Gasteiger charge is -2.28. The molecule has 5 rings (SSSR count). The number of rotatable bonds is 5. The molecule has 190 valence electrons. The van der Waals surface area contributed by atoms with Gasteiger partial charge in [-0.3, -0.25) is 9.59 Å². The van der Waals surface area contributed by atoms with Crippen LogP contribution in [0.3, 0.4) is 0 Å². The number of primary amides is 1. The molecule has 1 aliphatic rings. The summed E-state index contributed by atoms with van der Waals surface area (Å²) in [7, 11) is 2.01. The van der Waals surface area contributed by atoms with Crippen LogP contribution < -0.4 is 25.5 Å². The van der Waals surface area contributed by atoms with Gasteiger partial charge in [-0.2, -0.15) is 0 Å². The minimum atomic E-state index is -0.761. The summed E-state index contributed by atoms with van der Waals surface area (Å²) in [6.07, 6.45) is -0.609. The number of carbonyl (C=O) groups excluding carboxylic acids is 1. The fourth-order valence-corrected chi connectivity index (χ4v) is 4.74. The van der Waals surface area contributed by atoms with E-state index in [4.69, 9.17) is 31.2 Å². The first-order valence-electron chi connectivity index (χ1n) is 11.8. The van der Waals surface area contributed by atoms with Gasteiger partial charge in [0.25, 0.3) is 5.91 Å². The third kappa shape index (κ3) is 4.49. The largest absolute Gasteiger partial charge is 0.490 e. The summed E-state index contributed by atoms with van der Waals surface area (Å²) < 4.78 is 18.4. The second-order valence-corrected chi connectivity index (χ2v) is 9.56. The van der Waals surface area contributed by atoms with E-state index in [2.05, 4.69) is 9.88 Å². The van der Waals surface area contributed by atoms with E-state index < -0.39 is 12.0 Å². The Labute approximate surface area is 218 Å². The zero-order valence-electron chi connectivity index (χ0n) is 20.9. The summed E-state index contributed by atoms with van der Waals surface area (Å²) in [5.41, 5.74) is 9.41. The molecule has 1 amide bonds. The van der Waals surface area contributed by atoms with Crippen LogP contribution in [-0.2, 0) is 0 Å². The van der Waals surface area contributed by atoms with E-state index in [1.807, 2.05) is 38.2 Å². The van der Waals surface area contributed by atoms with E-state index >= 15 is 0 Å². The molecule has 8 nitrogen and oxygen atoms in total. The van der Waals surface area contributed by atoms with Crippen molar-refractivity contribution < 1.29 is 18.7 Å². The SMILES string of the molecule is Cc1cc([C@@H](C)Oc2ccc(Cl)nc2C(N)=O)c2oc(-c3ccc4c(c3)OCCN4C)c(C)c(=O)c2c1. The fourth-order valence-electron chi connectivity index (χ4n) is 4.59. The molecule has 0 unspecified atom stereocenters. The Morgan fingerprint density at radius 1 is 1.19 bits per heavy atom. The van der Waals surface area contributed by atoms with Crippen molar-refractivity contribution in [2.75, 3.05) is 25.1 Å². The summed E-state index contributed by atoms with van der Waals surface area (Å²) in [5.74, 6) is 0.622. The number of ether oxygens (including phenoxy) is 2. The van der Waals surface area contributed by atoms with Gasteiger partial charge in [-0.05, 0) is 68.8 Å². The van der Waals surface area contributed by atoms with Crippen LogP contribution in [0.2, 0.25) is 5.15 Å². The van der Waals surface area contributed by atoms with Crippen molar-refractivity contribution in [3.63, 3.8) is 0 Å². The van der Waals surface area contributed by atoms with Gasteiger partial charge in [-0.25, -0.2) is 4.98 Å². The van der Waals surface area contributed by atoms with Crippen LogP contribution in [0.25, 0.3) is 22.3 Å². The van der Waals surface area contributed by atoms with Gasteiger partial charge in [-0.1, -0.05) is 11.6 Å². The maximum absolute atomic E-state index is 13.5. The van der Waals surface area contributed by atoms with E-state index in [1.165, 1.54) is 6.07 Å². The number of likely N-dealkylation sites (N-methyl/N-ethyl adjacent to an activating group) is 1. The Morgan fingerprint density at radius 2 is 1.97 bits per heavy atom. The number of hydrogen-bond donors (Lipinski definition) is 1. The van der Waals surface area contributed by atoms with Gasteiger partial charge in [0.2, 0.25) is 0 Å². The number of hydrogen-bond acceptors (Lipinski definition) is 7. The lowest BCUT2D eigenvalue weighted by molar-refractivity contribution is 0.0988. The number of aryl methyl sites for hydroxylation is 1. The number of nitrogens with two attached hydrogens (primary N) is 1. The lowest BCUT2D eigenvalue weighted by atomic mass is 9.99. The van der Waals surface area contributed by atoms with E-state index in [9.17, 15) is 9.59 Å². The molecule has 4 aromatic rings. The van der Waals surface area contributed by atoms with Gasteiger partial charge < -0.3 is 24.5 Å². The third-order valence-corrected chi connectivity index (χ3v) is 6.72. The maximum atomic E-state index is 13.5. The number of fused-ring (bicyclic) bond motifs is 2. The molecule has 0 saturated heterocycles. The molecule has 0 fully saturated rings. The highest BCUT2D eigenvalue weighted by Gasteiger charge is 2.23. The monoisotopic (exact) mass is 519 g/mol. The average Bonchev–Trinajstić information content (AvgIpc) is 2.87. The quantitative estimate of drug-likeness (QED) is 0.361. The van der Waals surface area contributed by atoms with Gasteiger partial charge in [-0.15, -0.1) is 0 Å². The fraction of sp³-hybridized carbons (Fsp3) is 0.250. The van der Waals surface area contributed by atoms with E-state index in [-0.39, 0.29) is 22.0 Å². The highest BCUT2D eigenvalue weighted by molar-refractivity contribution is 6.29. The average molecular weight is 520 g/mol. The van der Waals surface area contributed by atoms with Gasteiger partial charge in [0.1, 0.15) is 35.0 Å². The molecule has 0 bridgehead atoms. The maximum Gasteiger partial charge on any atom is 0.271 e. The summed E-state index contributed by atoms with van der Waals surface area (Å²) >= 11 is 5.94. The molecule has 9 heteroatoms. The summed E-state index contributed by atoms with van der Waals surface area (Å²) in [4.78, 5) is 31.5. The number of aromatic nitrogens is 1. The second kappa shape index (κ2) is 9.44. The van der Waals surface area contributed by atoms with Crippen LogP contribution in [0.4, 0.5) is 5.69 Å². The van der Waals surface area contributed by atoms with Gasteiger partial charge in [0, 0.05) is 23.7 Å². The molecule has 0 aliphatic carbocycles. The molecule has 2 aromatic heterocycles. The standard InChI is InChI=1S/C28H26ClN3O5/c1-14-11-18(16(3)36-21-7-8-23(29)31-24(21)28(30)34)27-19(12-14)25(33)15(2)26(37-27)17-5-6-20-22(13-17)35-10-9-32(20)4/h5-8,11-13,16H,9-10H2,1-4H3,(H2,30,34)/t16-/m1/s1. The molecule has 2 N–H and O–H groups in total. The van der Waals surface area contributed by atoms with Crippen LogP contribution in [0.1, 0.15) is 40.2 Å². The van der Waals surface area contributed by atoms with E-state index in [1.54, 1.807) is 26.0 Å². The first-order chi connectivity index (χ1) is 17.6. The Kier molecular flexibility index (Phi) is 6.29. The number of halogens is 1. The van der Waals surface area contributed by atoms with Gasteiger partial charge >= 0.3 is 0 Å². The Bertz CT molecular complexity index is 1610. The summed E-state index contributed by atoms with van der Waals surface area (Å²) in [6.45, 7) is 6.84.